The number of rotatable bonds is 3. The van der Waals surface area contributed by atoms with Gasteiger partial charge in [-0.2, -0.15) is 10.2 Å². The van der Waals surface area contributed by atoms with Gasteiger partial charge in [0, 0.05) is 11.1 Å². The van der Waals surface area contributed by atoms with Crippen molar-refractivity contribution in [1.82, 2.24) is 15.4 Å². The molecule has 5 heteroatoms. The Morgan fingerprint density at radius 1 is 1.38 bits per heavy atom. The summed E-state index contributed by atoms with van der Waals surface area (Å²) in [5.74, 6) is 0.885. The van der Waals surface area contributed by atoms with E-state index in [2.05, 4.69) is 29.2 Å². The summed E-state index contributed by atoms with van der Waals surface area (Å²) in [6, 6.07) is 1.84. The fraction of sp³-hybridized carbons (Fsp3) is 0.364. The molecule has 5 nitrogen and oxygen atoms in total. The lowest BCUT2D eigenvalue weighted by atomic mass is 10.0. The molecule has 0 aliphatic heterocycles. The summed E-state index contributed by atoms with van der Waals surface area (Å²) in [6.07, 6.45) is 4.12. The van der Waals surface area contributed by atoms with Gasteiger partial charge in [0.15, 0.2) is 0 Å². The normalized spacial score (nSPS) is 10.9. The molecule has 0 saturated heterocycles. The van der Waals surface area contributed by atoms with E-state index < -0.39 is 0 Å². The van der Waals surface area contributed by atoms with Crippen molar-refractivity contribution in [2.45, 2.75) is 20.3 Å². The summed E-state index contributed by atoms with van der Waals surface area (Å²) in [4.78, 5) is 0. The second-order valence-corrected chi connectivity index (χ2v) is 4.10. The van der Waals surface area contributed by atoms with Crippen LogP contribution in [0.1, 0.15) is 19.4 Å². The third-order valence-corrected chi connectivity index (χ3v) is 2.29. The zero-order chi connectivity index (χ0) is 11.5. The van der Waals surface area contributed by atoms with Crippen molar-refractivity contribution in [3.8, 4) is 11.3 Å². The number of hydrogen-bond acceptors (Lipinski definition) is 5. The summed E-state index contributed by atoms with van der Waals surface area (Å²) >= 11 is 0. The van der Waals surface area contributed by atoms with Crippen LogP contribution < -0.4 is 5.73 Å². The SMILES string of the molecule is CC(C)Cc1c(-c2ccnnc2)noc1N. The number of nitrogen functional groups attached to an aromatic ring is 1. The highest BCUT2D eigenvalue weighted by Crippen LogP contribution is 2.28. The van der Waals surface area contributed by atoms with Crippen LogP contribution in [0.5, 0.6) is 0 Å². The standard InChI is InChI=1S/C11H14N4O/c1-7(2)5-9-10(15-16-11(9)12)8-3-4-13-14-6-8/h3-4,6-7H,5,12H2,1-2H3. The fourth-order valence-electron chi connectivity index (χ4n) is 1.58. The fourth-order valence-corrected chi connectivity index (χ4v) is 1.58. The van der Waals surface area contributed by atoms with Gasteiger partial charge < -0.3 is 10.3 Å². The van der Waals surface area contributed by atoms with Crippen molar-refractivity contribution in [3.63, 3.8) is 0 Å². The molecule has 16 heavy (non-hydrogen) atoms. The van der Waals surface area contributed by atoms with E-state index in [4.69, 9.17) is 10.3 Å². The first kappa shape index (κ1) is 10.6. The summed E-state index contributed by atoms with van der Waals surface area (Å²) in [6.45, 7) is 4.25. The Bertz CT molecular complexity index is 464. The highest BCUT2D eigenvalue weighted by Gasteiger charge is 2.16. The average Bonchev–Trinajstić information content (AvgIpc) is 2.61. The van der Waals surface area contributed by atoms with Crippen molar-refractivity contribution < 1.29 is 4.52 Å². The molecular weight excluding hydrogens is 204 g/mol. The molecule has 0 aromatic carbocycles. The Morgan fingerprint density at radius 2 is 2.19 bits per heavy atom. The molecule has 0 saturated carbocycles. The predicted octanol–water partition coefficient (Wildman–Crippen LogP) is 1.91. The molecule has 0 spiro atoms. The Kier molecular flexibility index (Phi) is 2.85. The first-order chi connectivity index (χ1) is 7.68. The summed E-state index contributed by atoms with van der Waals surface area (Å²) in [5, 5.41) is 11.5. The highest BCUT2D eigenvalue weighted by atomic mass is 16.5. The maximum Gasteiger partial charge on any atom is 0.225 e. The molecule has 0 atom stereocenters. The Balaban J connectivity index is 2.42. The predicted molar refractivity (Wildman–Crippen MR) is 60.5 cm³/mol. The highest BCUT2D eigenvalue weighted by molar-refractivity contribution is 5.65. The van der Waals surface area contributed by atoms with Crippen LogP contribution in [0.25, 0.3) is 11.3 Å². The molecule has 2 aromatic rings. The van der Waals surface area contributed by atoms with Gasteiger partial charge >= 0.3 is 0 Å². The molecule has 0 aliphatic carbocycles. The van der Waals surface area contributed by atoms with Gasteiger partial charge in [0.25, 0.3) is 0 Å². The summed E-state index contributed by atoms with van der Waals surface area (Å²) in [7, 11) is 0. The van der Waals surface area contributed by atoms with Gasteiger partial charge in [-0.1, -0.05) is 19.0 Å². The second kappa shape index (κ2) is 4.30. The van der Waals surface area contributed by atoms with Crippen LogP contribution in [0.15, 0.2) is 23.0 Å². The third kappa shape index (κ3) is 2.03. The summed E-state index contributed by atoms with van der Waals surface area (Å²) in [5.41, 5.74) is 8.35. The Hall–Kier alpha value is -1.91. The minimum Gasteiger partial charge on any atom is -0.367 e. The van der Waals surface area contributed by atoms with Crippen molar-refractivity contribution in [1.29, 1.82) is 0 Å². The third-order valence-electron chi connectivity index (χ3n) is 2.29. The van der Waals surface area contributed by atoms with E-state index in [1.54, 1.807) is 12.4 Å². The summed E-state index contributed by atoms with van der Waals surface area (Å²) < 4.78 is 5.03. The van der Waals surface area contributed by atoms with Crippen molar-refractivity contribution >= 4 is 5.88 Å². The first-order valence-electron chi connectivity index (χ1n) is 5.19. The molecule has 0 bridgehead atoms. The average molecular weight is 218 g/mol. The number of hydrogen-bond donors (Lipinski definition) is 1. The number of aromatic nitrogens is 3. The first-order valence-corrected chi connectivity index (χ1v) is 5.19. The van der Waals surface area contributed by atoms with Crippen molar-refractivity contribution in [2.75, 3.05) is 5.73 Å². The molecule has 0 unspecified atom stereocenters. The number of anilines is 1. The van der Waals surface area contributed by atoms with E-state index in [-0.39, 0.29) is 0 Å². The molecule has 0 amide bonds. The van der Waals surface area contributed by atoms with Gasteiger partial charge in [-0.05, 0) is 18.4 Å². The van der Waals surface area contributed by atoms with Crippen LogP contribution in [0.3, 0.4) is 0 Å². The molecule has 2 rings (SSSR count). The molecule has 2 aromatic heterocycles. The van der Waals surface area contributed by atoms with Gasteiger partial charge in [-0.25, -0.2) is 0 Å². The van der Waals surface area contributed by atoms with Gasteiger partial charge in [-0.3, -0.25) is 0 Å². The molecule has 2 N–H and O–H groups in total. The molecule has 0 fully saturated rings. The Morgan fingerprint density at radius 3 is 2.81 bits per heavy atom. The zero-order valence-electron chi connectivity index (χ0n) is 9.34. The smallest absolute Gasteiger partial charge is 0.225 e. The number of nitrogens with two attached hydrogens (primary N) is 1. The monoisotopic (exact) mass is 218 g/mol. The van der Waals surface area contributed by atoms with E-state index in [1.807, 2.05) is 6.07 Å². The van der Waals surface area contributed by atoms with Gasteiger partial charge in [0.2, 0.25) is 5.88 Å². The van der Waals surface area contributed by atoms with Gasteiger partial charge in [0.1, 0.15) is 5.69 Å². The lowest BCUT2D eigenvalue weighted by molar-refractivity contribution is 0.438. The van der Waals surface area contributed by atoms with Crippen LogP contribution in [0.2, 0.25) is 0 Å². The zero-order valence-corrected chi connectivity index (χ0v) is 9.34. The van der Waals surface area contributed by atoms with Crippen LogP contribution in [-0.2, 0) is 6.42 Å². The molecular formula is C11H14N4O. The van der Waals surface area contributed by atoms with Crippen molar-refractivity contribution in [2.24, 2.45) is 5.92 Å². The minimum atomic E-state index is 0.389. The molecule has 0 radical (unpaired) electrons. The van der Waals surface area contributed by atoms with E-state index >= 15 is 0 Å². The van der Waals surface area contributed by atoms with Crippen molar-refractivity contribution in [3.05, 3.63) is 24.0 Å². The quantitative estimate of drug-likeness (QED) is 0.851. The van der Waals surface area contributed by atoms with Crippen LogP contribution in [0, 0.1) is 5.92 Å². The molecule has 0 aliphatic rings. The minimum absolute atomic E-state index is 0.389. The van der Waals surface area contributed by atoms with E-state index in [1.165, 1.54) is 0 Å². The van der Waals surface area contributed by atoms with Gasteiger partial charge in [-0.15, -0.1) is 0 Å². The van der Waals surface area contributed by atoms with E-state index in [9.17, 15) is 0 Å². The van der Waals surface area contributed by atoms with Crippen LogP contribution in [0.4, 0.5) is 5.88 Å². The Labute approximate surface area is 93.7 Å². The van der Waals surface area contributed by atoms with Crippen LogP contribution in [-0.4, -0.2) is 15.4 Å². The van der Waals surface area contributed by atoms with Crippen LogP contribution >= 0.6 is 0 Å². The lowest BCUT2D eigenvalue weighted by Gasteiger charge is -2.04. The van der Waals surface area contributed by atoms with E-state index in [0.29, 0.717) is 11.8 Å². The maximum absolute atomic E-state index is 5.76. The second-order valence-electron chi connectivity index (χ2n) is 4.10. The molecule has 84 valence electrons. The topological polar surface area (TPSA) is 77.8 Å². The van der Waals surface area contributed by atoms with Gasteiger partial charge in [0.05, 0.1) is 12.4 Å². The largest absolute Gasteiger partial charge is 0.367 e. The molecule has 2 heterocycles. The maximum atomic E-state index is 5.76. The number of nitrogens with zero attached hydrogens (tertiary/aromatic N) is 3. The van der Waals surface area contributed by atoms with E-state index in [0.717, 1.165) is 23.2 Å². The lowest BCUT2D eigenvalue weighted by Crippen LogP contribution is -1.98.